The molecule has 3 aliphatic carbocycles. The molecule has 0 unspecified atom stereocenters. The number of hydrogen-bond donors (Lipinski definition) is 0. The summed E-state index contributed by atoms with van der Waals surface area (Å²) < 4.78 is 27.6. The molecular formula is C39H58O10. The van der Waals surface area contributed by atoms with Gasteiger partial charge in [-0.15, -0.1) is 0 Å². The van der Waals surface area contributed by atoms with Crippen LogP contribution in [0.3, 0.4) is 0 Å². The third-order valence-electron chi connectivity index (χ3n) is 10.0. The van der Waals surface area contributed by atoms with Gasteiger partial charge in [0.25, 0.3) is 0 Å². The summed E-state index contributed by atoms with van der Waals surface area (Å²) in [6.07, 6.45) is 14.7. The molecule has 6 fully saturated rings. The molecule has 3 aliphatic heterocycles. The SMILES string of the molecule is CCOC(=O)/C(CC=O)=C1/C[C@@H](C)O[C@H](C2CC2)C1.CCOC(=O)/C(CC=O)=C1\C[C@@H](C)O[C@H](C2CC2)C1.C[C@@H]1CC(=O)C[C@@H](C2CC2)O1. The summed E-state index contributed by atoms with van der Waals surface area (Å²) in [7, 11) is 0. The zero-order valence-corrected chi connectivity index (χ0v) is 30.2. The Morgan fingerprint density at radius 3 is 1.24 bits per heavy atom. The van der Waals surface area contributed by atoms with Gasteiger partial charge in [0.2, 0.25) is 0 Å². The number of aldehydes is 2. The number of ketones is 1. The van der Waals surface area contributed by atoms with Crippen molar-refractivity contribution in [3.05, 3.63) is 22.3 Å². The summed E-state index contributed by atoms with van der Waals surface area (Å²) in [5, 5.41) is 0. The van der Waals surface area contributed by atoms with Crippen LogP contribution < -0.4 is 0 Å². The summed E-state index contributed by atoms with van der Waals surface area (Å²) in [5.41, 5.74) is 3.22. The summed E-state index contributed by atoms with van der Waals surface area (Å²) in [5.74, 6) is 1.69. The van der Waals surface area contributed by atoms with E-state index in [2.05, 4.69) is 0 Å². The number of carbonyl (C=O) groups excluding carboxylic acids is 5. The average Bonchev–Trinajstić information content (AvgIpc) is 3.90. The minimum atomic E-state index is -0.340. The van der Waals surface area contributed by atoms with Crippen molar-refractivity contribution in [3.8, 4) is 0 Å². The topological polar surface area (TPSA) is 132 Å². The summed E-state index contributed by atoms with van der Waals surface area (Å²) in [4.78, 5) is 56.6. The highest BCUT2D eigenvalue weighted by Gasteiger charge is 2.39. The lowest BCUT2D eigenvalue weighted by atomic mass is 9.90. The van der Waals surface area contributed by atoms with Crippen LogP contribution in [0, 0.1) is 17.8 Å². The van der Waals surface area contributed by atoms with E-state index in [1.807, 2.05) is 20.8 Å². The van der Waals surface area contributed by atoms with Gasteiger partial charge in [0.1, 0.15) is 18.4 Å². The zero-order chi connectivity index (χ0) is 35.5. The van der Waals surface area contributed by atoms with Crippen molar-refractivity contribution < 1.29 is 47.7 Å². The second-order valence-corrected chi connectivity index (χ2v) is 14.6. The van der Waals surface area contributed by atoms with Crippen LogP contribution in [0.1, 0.15) is 125 Å². The van der Waals surface area contributed by atoms with E-state index in [1.165, 1.54) is 38.5 Å². The van der Waals surface area contributed by atoms with E-state index in [0.717, 1.165) is 49.4 Å². The molecule has 0 aromatic rings. The third-order valence-corrected chi connectivity index (χ3v) is 10.0. The monoisotopic (exact) mass is 686 g/mol. The van der Waals surface area contributed by atoms with Crippen LogP contribution in [0.4, 0.5) is 0 Å². The number of hydrogen-bond acceptors (Lipinski definition) is 10. The second-order valence-electron chi connectivity index (χ2n) is 14.6. The van der Waals surface area contributed by atoms with Crippen molar-refractivity contribution in [1.82, 2.24) is 0 Å². The van der Waals surface area contributed by atoms with Crippen LogP contribution in [-0.4, -0.2) is 80.1 Å². The maximum Gasteiger partial charge on any atom is 0.334 e. The molecular weight excluding hydrogens is 628 g/mol. The van der Waals surface area contributed by atoms with Gasteiger partial charge in [0.05, 0.1) is 49.8 Å². The fourth-order valence-electron chi connectivity index (χ4n) is 7.24. The lowest BCUT2D eigenvalue weighted by molar-refractivity contribution is -0.140. The van der Waals surface area contributed by atoms with Crippen LogP contribution >= 0.6 is 0 Å². The molecule has 0 radical (unpaired) electrons. The van der Waals surface area contributed by atoms with Crippen LogP contribution in [0.2, 0.25) is 0 Å². The largest absolute Gasteiger partial charge is 0.463 e. The van der Waals surface area contributed by atoms with E-state index in [1.54, 1.807) is 13.8 Å². The summed E-state index contributed by atoms with van der Waals surface area (Å²) >= 11 is 0. The van der Waals surface area contributed by atoms with Crippen molar-refractivity contribution in [1.29, 1.82) is 0 Å². The Labute approximate surface area is 292 Å². The molecule has 6 atom stereocenters. The molecule has 10 nitrogen and oxygen atoms in total. The van der Waals surface area contributed by atoms with Crippen molar-refractivity contribution in [2.45, 2.75) is 161 Å². The van der Waals surface area contributed by atoms with Gasteiger partial charge < -0.3 is 33.3 Å². The molecule has 0 amide bonds. The fraction of sp³-hybridized carbons (Fsp3) is 0.769. The molecule has 0 bridgehead atoms. The Kier molecular flexibility index (Phi) is 15.2. The fourth-order valence-corrected chi connectivity index (χ4v) is 7.24. The first-order valence-electron chi connectivity index (χ1n) is 18.7. The molecule has 3 heterocycles. The van der Waals surface area contributed by atoms with Gasteiger partial charge in [-0.05, 0) is 117 Å². The van der Waals surface area contributed by atoms with Crippen LogP contribution in [0.25, 0.3) is 0 Å². The van der Waals surface area contributed by atoms with E-state index in [4.69, 9.17) is 23.7 Å². The van der Waals surface area contributed by atoms with Crippen molar-refractivity contribution in [3.63, 3.8) is 0 Å². The summed E-state index contributed by atoms with van der Waals surface area (Å²) in [6, 6.07) is 0. The van der Waals surface area contributed by atoms with Crippen molar-refractivity contribution in [2.75, 3.05) is 13.2 Å². The maximum atomic E-state index is 12.0. The molecule has 0 aromatic heterocycles. The molecule has 10 heteroatoms. The zero-order valence-electron chi connectivity index (χ0n) is 30.2. The van der Waals surface area contributed by atoms with E-state index in [0.29, 0.717) is 60.7 Å². The van der Waals surface area contributed by atoms with Crippen LogP contribution in [0.5, 0.6) is 0 Å². The van der Waals surface area contributed by atoms with E-state index >= 15 is 0 Å². The van der Waals surface area contributed by atoms with Crippen molar-refractivity contribution in [2.24, 2.45) is 17.8 Å². The highest BCUT2D eigenvalue weighted by atomic mass is 16.5. The second kappa shape index (κ2) is 19.1. The van der Waals surface area contributed by atoms with Gasteiger partial charge in [-0.2, -0.15) is 0 Å². The molecule has 0 spiro atoms. The van der Waals surface area contributed by atoms with Gasteiger partial charge in [-0.25, -0.2) is 9.59 Å². The Bertz CT molecular complexity index is 1150. The minimum absolute atomic E-state index is 0.116. The minimum Gasteiger partial charge on any atom is -0.463 e. The smallest absolute Gasteiger partial charge is 0.334 e. The highest BCUT2D eigenvalue weighted by molar-refractivity contribution is 5.93. The maximum absolute atomic E-state index is 12.0. The Morgan fingerprint density at radius 1 is 0.592 bits per heavy atom. The lowest BCUT2D eigenvalue weighted by Crippen LogP contribution is -2.32. The first kappa shape index (κ1) is 39.1. The van der Waals surface area contributed by atoms with Gasteiger partial charge in [-0.1, -0.05) is 11.1 Å². The first-order valence-corrected chi connectivity index (χ1v) is 18.7. The lowest BCUT2D eigenvalue weighted by Gasteiger charge is -2.31. The Hall–Kier alpha value is -2.69. The molecule has 0 aromatic carbocycles. The molecule has 3 saturated heterocycles. The van der Waals surface area contributed by atoms with Gasteiger partial charge in [-0.3, -0.25) is 4.79 Å². The van der Waals surface area contributed by atoms with Gasteiger partial charge in [0, 0.05) is 36.8 Å². The normalized spacial score (nSPS) is 31.9. The number of carbonyl (C=O) groups is 5. The van der Waals surface area contributed by atoms with Crippen LogP contribution in [0.15, 0.2) is 22.3 Å². The first-order chi connectivity index (χ1) is 23.6. The summed E-state index contributed by atoms with van der Waals surface area (Å²) in [6.45, 7) is 10.3. The van der Waals surface area contributed by atoms with E-state index in [9.17, 15) is 24.0 Å². The van der Waals surface area contributed by atoms with Crippen LogP contribution in [-0.2, 0) is 47.7 Å². The van der Waals surface area contributed by atoms with Crippen molar-refractivity contribution >= 4 is 30.3 Å². The van der Waals surface area contributed by atoms with Gasteiger partial charge in [0.15, 0.2) is 0 Å². The Morgan fingerprint density at radius 2 is 0.939 bits per heavy atom. The predicted octanol–water partition coefficient (Wildman–Crippen LogP) is 6.36. The predicted molar refractivity (Wildman–Crippen MR) is 183 cm³/mol. The third kappa shape index (κ3) is 12.5. The van der Waals surface area contributed by atoms with E-state index in [-0.39, 0.29) is 61.4 Å². The molecule has 6 rings (SSSR count). The molecule has 6 aliphatic rings. The molecule has 3 saturated carbocycles. The number of ether oxygens (including phenoxy) is 5. The highest BCUT2D eigenvalue weighted by Crippen LogP contribution is 2.43. The number of rotatable bonds is 11. The quantitative estimate of drug-likeness (QED) is 0.137. The number of esters is 2. The van der Waals surface area contributed by atoms with E-state index < -0.39 is 0 Å². The standard InChI is InChI=1S/2C15H22O4.C9H14O2/c2*1-3-18-15(17)13(6-7-16)12-8-10(2)19-14(9-12)11-4-5-11;1-6-4-8(10)5-9(11-6)7-2-3-7/h2*7,10-11,14H,3-6,8-9H2,1-2H3;6-7,9H,2-5H2,1H3/b13-12+;13-12-;/t2*10-,14+;6-,9+/m111/s1. The Balaban J connectivity index is 0.000000172. The molecule has 0 N–H and O–H groups in total. The number of Topliss-reactive ketones (excluding diaryl/α,β-unsaturated/α-hetero) is 1. The molecule has 49 heavy (non-hydrogen) atoms. The average molecular weight is 687 g/mol. The van der Waals surface area contributed by atoms with Gasteiger partial charge >= 0.3 is 11.9 Å². The molecule has 274 valence electrons.